The molecule has 1 N–H and O–H groups in total. The van der Waals surface area contributed by atoms with Crippen LogP contribution in [0.25, 0.3) is 22.3 Å². The molecule has 0 atom stereocenters. The van der Waals surface area contributed by atoms with Crippen molar-refractivity contribution in [3.63, 3.8) is 0 Å². The average Bonchev–Trinajstić information content (AvgIpc) is 3.11. The topological polar surface area (TPSA) is 76.7 Å². The Morgan fingerprint density at radius 1 is 1.06 bits per heavy atom. The molecule has 0 saturated carbocycles. The molecule has 4 aromatic rings. The maximum Gasteiger partial charge on any atom is 0.350 e. The summed E-state index contributed by atoms with van der Waals surface area (Å²) in [7, 11) is 1.36. The van der Waals surface area contributed by atoms with Crippen molar-refractivity contribution in [2.75, 3.05) is 12.5 Å². The Labute approximate surface area is 184 Å². The third-order valence-corrected chi connectivity index (χ3v) is 6.01. The van der Waals surface area contributed by atoms with Gasteiger partial charge in [0.1, 0.15) is 16.2 Å². The number of methoxy groups -OCH3 is 1. The Morgan fingerprint density at radius 2 is 1.81 bits per heavy atom. The number of ether oxygens (including phenoxy) is 1. The molecule has 158 valence electrons. The number of hydrogen-bond donors (Lipinski definition) is 1. The smallest absolute Gasteiger partial charge is 0.350 e. The fraction of sp³-hybridized carbons (Fsp3) is 0.208. The van der Waals surface area contributed by atoms with Gasteiger partial charge in [-0.15, -0.1) is 0 Å². The highest BCUT2D eigenvalue weighted by molar-refractivity contribution is 7.17. The van der Waals surface area contributed by atoms with Crippen LogP contribution in [-0.4, -0.2) is 18.1 Å². The number of thiazole rings is 1. The Hall–Kier alpha value is -3.45. The Morgan fingerprint density at radius 3 is 2.52 bits per heavy atom. The predicted octanol–water partition coefficient (Wildman–Crippen LogP) is 5.50. The van der Waals surface area contributed by atoms with Crippen LogP contribution < -0.4 is 10.8 Å². The number of rotatable bonds is 4. The zero-order valence-corrected chi connectivity index (χ0v) is 18.9. The molecule has 2 heterocycles. The summed E-state index contributed by atoms with van der Waals surface area (Å²) in [4.78, 5) is 16.7. The number of fused-ring (bicyclic) bond motifs is 1. The third kappa shape index (κ3) is 4.22. The van der Waals surface area contributed by atoms with Gasteiger partial charge in [-0.05, 0) is 44.9 Å². The zero-order chi connectivity index (χ0) is 22.1. The highest BCUT2D eigenvalue weighted by Crippen LogP contribution is 2.26. The monoisotopic (exact) mass is 433 g/mol. The minimum Gasteiger partial charge on any atom is -0.465 e. The molecule has 6 nitrogen and oxygen atoms in total. The first-order valence-corrected chi connectivity index (χ1v) is 10.6. The highest BCUT2D eigenvalue weighted by Gasteiger charge is 2.15. The van der Waals surface area contributed by atoms with Gasteiger partial charge in [0, 0.05) is 17.0 Å². The van der Waals surface area contributed by atoms with E-state index in [4.69, 9.17) is 9.15 Å². The quantitative estimate of drug-likeness (QED) is 0.339. The molecule has 2 aromatic carbocycles. The molecule has 0 saturated heterocycles. The van der Waals surface area contributed by atoms with Crippen LogP contribution >= 0.6 is 11.3 Å². The van der Waals surface area contributed by atoms with Gasteiger partial charge in [-0.3, -0.25) is 5.43 Å². The maximum atomic E-state index is 11.9. The van der Waals surface area contributed by atoms with Crippen molar-refractivity contribution < 1.29 is 13.9 Å². The van der Waals surface area contributed by atoms with Crippen molar-refractivity contribution in [3.8, 4) is 11.3 Å². The van der Waals surface area contributed by atoms with E-state index < -0.39 is 5.97 Å². The summed E-state index contributed by atoms with van der Waals surface area (Å²) in [5, 5.41) is 6.81. The molecule has 31 heavy (non-hydrogen) atoms. The van der Waals surface area contributed by atoms with Crippen molar-refractivity contribution in [3.05, 3.63) is 75.1 Å². The van der Waals surface area contributed by atoms with Gasteiger partial charge in [0.25, 0.3) is 0 Å². The summed E-state index contributed by atoms with van der Waals surface area (Å²) in [6, 6.07) is 14.2. The number of nitrogens with zero attached hydrogens (tertiary/aromatic N) is 2. The number of aryl methyl sites for hydroxylation is 4. The Bertz CT molecular complexity index is 1350. The number of carbonyl (C=O) groups is 1. The maximum absolute atomic E-state index is 11.9. The molecule has 0 aliphatic heterocycles. The fourth-order valence-corrected chi connectivity index (χ4v) is 4.29. The van der Waals surface area contributed by atoms with Crippen molar-refractivity contribution in [2.45, 2.75) is 27.7 Å². The van der Waals surface area contributed by atoms with Gasteiger partial charge in [0.05, 0.1) is 18.2 Å². The van der Waals surface area contributed by atoms with Gasteiger partial charge < -0.3 is 9.15 Å². The Kier molecular flexibility index (Phi) is 5.61. The first-order valence-electron chi connectivity index (χ1n) is 9.83. The van der Waals surface area contributed by atoms with E-state index in [9.17, 15) is 4.79 Å². The summed E-state index contributed by atoms with van der Waals surface area (Å²) < 4.78 is 11.1. The zero-order valence-electron chi connectivity index (χ0n) is 18.1. The van der Waals surface area contributed by atoms with Crippen LogP contribution in [0.3, 0.4) is 0 Å². The van der Waals surface area contributed by atoms with E-state index in [2.05, 4.69) is 40.6 Å². The predicted molar refractivity (Wildman–Crippen MR) is 123 cm³/mol. The van der Waals surface area contributed by atoms with Crippen LogP contribution in [-0.2, 0) is 4.74 Å². The van der Waals surface area contributed by atoms with Crippen molar-refractivity contribution in [1.82, 2.24) is 4.98 Å². The molecule has 0 spiro atoms. The van der Waals surface area contributed by atoms with Crippen molar-refractivity contribution in [2.24, 2.45) is 5.10 Å². The lowest BCUT2D eigenvalue weighted by atomic mass is 10.0. The van der Waals surface area contributed by atoms with Gasteiger partial charge in [0.15, 0.2) is 0 Å². The van der Waals surface area contributed by atoms with E-state index in [0.29, 0.717) is 15.7 Å². The molecule has 4 rings (SSSR count). The summed E-state index contributed by atoms with van der Waals surface area (Å²) in [6.07, 6.45) is 0. The number of benzene rings is 2. The molecule has 7 heteroatoms. The lowest BCUT2D eigenvalue weighted by Crippen LogP contribution is -2.09. The SMILES string of the molecule is COC(=O)c1sc(N/N=c2\cc(-c3ccc(C)cc3)oc3cc(C)cc(C)c23)nc1C. The van der Waals surface area contributed by atoms with Crippen LogP contribution in [0.15, 0.2) is 52.0 Å². The summed E-state index contributed by atoms with van der Waals surface area (Å²) in [6.45, 7) is 7.91. The molecule has 0 aliphatic rings. The molecular formula is C24H23N3O3S. The Balaban J connectivity index is 1.85. The van der Waals surface area contributed by atoms with Gasteiger partial charge in [0.2, 0.25) is 5.13 Å². The normalized spacial score (nSPS) is 11.7. The second-order valence-corrected chi connectivity index (χ2v) is 8.46. The molecule has 0 radical (unpaired) electrons. The van der Waals surface area contributed by atoms with E-state index in [1.807, 2.05) is 38.1 Å². The number of carbonyl (C=O) groups excluding carboxylic acids is 1. The van der Waals surface area contributed by atoms with Crippen LogP contribution in [0.2, 0.25) is 0 Å². The molecule has 0 fully saturated rings. The van der Waals surface area contributed by atoms with Gasteiger partial charge in [-0.1, -0.05) is 47.2 Å². The summed E-state index contributed by atoms with van der Waals surface area (Å²) in [5.41, 5.74) is 8.72. The third-order valence-electron chi connectivity index (χ3n) is 4.96. The van der Waals surface area contributed by atoms with Crippen LogP contribution in [0.5, 0.6) is 0 Å². The molecule has 0 bridgehead atoms. The van der Waals surface area contributed by atoms with E-state index in [1.54, 1.807) is 6.92 Å². The number of nitrogens with one attached hydrogen (secondary N) is 1. The van der Waals surface area contributed by atoms with E-state index >= 15 is 0 Å². The average molecular weight is 434 g/mol. The fourth-order valence-electron chi connectivity index (χ4n) is 3.46. The largest absolute Gasteiger partial charge is 0.465 e. The van der Waals surface area contributed by atoms with Crippen LogP contribution in [0.4, 0.5) is 5.13 Å². The lowest BCUT2D eigenvalue weighted by Gasteiger charge is -2.08. The van der Waals surface area contributed by atoms with Gasteiger partial charge >= 0.3 is 5.97 Å². The van der Waals surface area contributed by atoms with Crippen molar-refractivity contribution >= 4 is 33.4 Å². The second-order valence-electron chi connectivity index (χ2n) is 7.47. The molecule has 0 aliphatic carbocycles. The first kappa shape index (κ1) is 20.8. The lowest BCUT2D eigenvalue weighted by molar-refractivity contribution is 0.0605. The summed E-state index contributed by atoms with van der Waals surface area (Å²) in [5.74, 6) is 0.323. The molecule has 2 aromatic heterocycles. The number of hydrogen-bond acceptors (Lipinski definition) is 7. The van der Waals surface area contributed by atoms with Crippen molar-refractivity contribution in [1.29, 1.82) is 0 Å². The van der Waals surface area contributed by atoms with E-state index in [0.717, 1.165) is 38.8 Å². The van der Waals surface area contributed by atoms with Crippen LogP contribution in [0.1, 0.15) is 32.1 Å². The van der Waals surface area contributed by atoms with Gasteiger partial charge in [-0.2, -0.15) is 5.10 Å². The van der Waals surface area contributed by atoms with Crippen LogP contribution in [0, 0.1) is 27.7 Å². The standard InChI is InChI=1S/C24H23N3O3S/c1-13-6-8-17(9-7-13)19-12-18(21-15(3)10-14(2)11-20(21)30-19)26-27-24-25-16(4)22(31-24)23(28)29-5/h6-12H,1-5H3,(H,25,27)/b26-18+. The molecule has 0 amide bonds. The number of esters is 1. The molecule has 0 unspecified atom stereocenters. The number of anilines is 1. The van der Waals surface area contributed by atoms with E-state index in [1.165, 1.54) is 24.0 Å². The first-order chi connectivity index (χ1) is 14.9. The highest BCUT2D eigenvalue weighted by atomic mass is 32.1. The minimum absolute atomic E-state index is 0.403. The summed E-state index contributed by atoms with van der Waals surface area (Å²) >= 11 is 1.21. The molecular weight excluding hydrogens is 410 g/mol. The minimum atomic E-state index is -0.403. The van der Waals surface area contributed by atoms with Gasteiger partial charge in [-0.25, -0.2) is 9.78 Å². The van der Waals surface area contributed by atoms with E-state index in [-0.39, 0.29) is 0 Å². The number of aromatic nitrogens is 1. The second kappa shape index (κ2) is 8.35.